The average molecular weight is 244 g/mol. The molecule has 1 heterocycles. The lowest BCUT2D eigenvalue weighted by molar-refractivity contribution is -0.137. The van der Waals surface area contributed by atoms with Crippen molar-refractivity contribution < 1.29 is 13.2 Å². The average Bonchev–Trinajstić information content (AvgIpc) is 2.64. The number of nitrogens with one attached hydrogen (secondary N) is 1. The van der Waals surface area contributed by atoms with Gasteiger partial charge in [0.25, 0.3) is 0 Å². The summed E-state index contributed by atoms with van der Waals surface area (Å²) in [4.78, 5) is 3.94. The molecule has 0 radical (unpaired) electrons. The van der Waals surface area contributed by atoms with Gasteiger partial charge >= 0.3 is 6.18 Å². The summed E-state index contributed by atoms with van der Waals surface area (Å²) in [6, 6.07) is 2.31. The fourth-order valence-electron chi connectivity index (χ4n) is 2.24. The van der Waals surface area contributed by atoms with Crippen LogP contribution in [0.3, 0.4) is 0 Å². The number of rotatable bonds is 2. The second-order valence-corrected chi connectivity index (χ2v) is 4.59. The van der Waals surface area contributed by atoms with Crippen LogP contribution in [0.25, 0.3) is 0 Å². The van der Waals surface area contributed by atoms with Crippen molar-refractivity contribution in [3.8, 4) is 0 Å². The number of hydrogen-bond donors (Lipinski definition) is 1. The van der Waals surface area contributed by atoms with E-state index in [-0.39, 0.29) is 6.04 Å². The molecule has 1 aromatic heterocycles. The van der Waals surface area contributed by atoms with Crippen LogP contribution >= 0.6 is 0 Å². The zero-order chi connectivity index (χ0) is 12.5. The van der Waals surface area contributed by atoms with E-state index in [1.54, 1.807) is 0 Å². The molecule has 0 bridgehead atoms. The highest BCUT2D eigenvalue weighted by Crippen LogP contribution is 2.31. The lowest BCUT2D eigenvalue weighted by Gasteiger charge is -2.18. The fraction of sp³-hybridized carbons (Fsp3) is 0.583. The fourth-order valence-corrected chi connectivity index (χ4v) is 2.24. The minimum atomic E-state index is -4.30. The zero-order valence-corrected chi connectivity index (χ0v) is 9.59. The Balaban J connectivity index is 2.11. The number of nitrogens with zero attached hydrogens (tertiary/aromatic N) is 1. The highest BCUT2D eigenvalue weighted by molar-refractivity contribution is 5.39. The van der Waals surface area contributed by atoms with Crippen molar-refractivity contribution in [2.24, 2.45) is 5.92 Å². The molecule has 5 heteroatoms. The van der Waals surface area contributed by atoms with Gasteiger partial charge in [0.15, 0.2) is 0 Å². The molecule has 0 spiro atoms. The van der Waals surface area contributed by atoms with E-state index in [1.165, 1.54) is 6.20 Å². The molecule has 0 saturated heterocycles. The maximum absolute atomic E-state index is 12.5. The van der Waals surface area contributed by atoms with Gasteiger partial charge in [0, 0.05) is 12.2 Å². The van der Waals surface area contributed by atoms with Crippen LogP contribution in [0.4, 0.5) is 19.0 Å². The maximum Gasteiger partial charge on any atom is 0.416 e. The molecule has 1 fully saturated rings. The molecule has 1 saturated carbocycles. The summed E-state index contributed by atoms with van der Waals surface area (Å²) in [5.41, 5.74) is -0.652. The lowest BCUT2D eigenvalue weighted by atomic mass is 10.1. The lowest BCUT2D eigenvalue weighted by Crippen LogP contribution is -2.22. The van der Waals surface area contributed by atoms with Gasteiger partial charge < -0.3 is 5.32 Å². The topological polar surface area (TPSA) is 24.9 Å². The Hall–Kier alpha value is -1.26. The SMILES string of the molecule is CC1CCCC1Nc1cc(C(F)(F)F)ccn1. The van der Waals surface area contributed by atoms with Crippen molar-refractivity contribution in [2.75, 3.05) is 5.32 Å². The Morgan fingerprint density at radius 3 is 2.71 bits per heavy atom. The molecule has 0 aliphatic heterocycles. The zero-order valence-electron chi connectivity index (χ0n) is 9.59. The Bertz CT molecular complexity index is 390. The van der Waals surface area contributed by atoms with Crippen LogP contribution in [-0.4, -0.2) is 11.0 Å². The van der Waals surface area contributed by atoms with Crippen LogP contribution in [0.5, 0.6) is 0 Å². The highest BCUT2D eigenvalue weighted by Gasteiger charge is 2.31. The first kappa shape index (κ1) is 12.2. The summed E-state index contributed by atoms with van der Waals surface area (Å²) in [7, 11) is 0. The van der Waals surface area contributed by atoms with Gasteiger partial charge in [-0.1, -0.05) is 13.3 Å². The first-order valence-corrected chi connectivity index (χ1v) is 5.76. The maximum atomic E-state index is 12.5. The van der Waals surface area contributed by atoms with Crippen LogP contribution in [0.1, 0.15) is 31.7 Å². The van der Waals surface area contributed by atoms with E-state index in [0.29, 0.717) is 11.7 Å². The van der Waals surface area contributed by atoms with Crippen molar-refractivity contribution in [3.05, 3.63) is 23.9 Å². The first-order valence-electron chi connectivity index (χ1n) is 5.76. The van der Waals surface area contributed by atoms with Crippen LogP contribution < -0.4 is 5.32 Å². The second kappa shape index (κ2) is 4.55. The molecule has 0 amide bonds. The summed E-state index contributed by atoms with van der Waals surface area (Å²) in [6.07, 6.45) is 0.138. The van der Waals surface area contributed by atoms with E-state index in [4.69, 9.17) is 0 Å². The third kappa shape index (κ3) is 2.90. The van der Waals surface area contributed by atoms with Crippen LogP contribution in [0, 0.1) is 5.92 Å². The number of aromatic nitrogens is 1. The summed E-state index contributed by atoms with van der Waals surface area (Å²) >= 11 is 0. The van der Waals surface area contributed by atoms with Gasteiger partial charge in [-0.05, 0) is 30.9 Å². The van der Waals surface area contributed by atoms with Crippen molar-refractivity contribution in [3.63, 3.8) is 0 Å². The number of hydrogen-bond acceptors (Lipinski definition) is 2. The largest absolute Gasteiger partial charge is 0.416 e. The number of pyridine rings is 1. The molecular weight excluding hydrogens is 229 g/mol. The van der Waals surface area contributed by atoms with E-state index in [2.05, 4.69) is 17.2 Å². The van der Waals surface area contributed by atoms with Gasteiger partial charge in [-0.3, -0.25) is 0 Å². The highest BCUT2D eigenvalue weighted by atomic mass is 19.4. The molecule has 94 valence electrons. The summed E-state index contributed by atoms with van der Waals surface area (Å²) < 4.78 is 37.5. The van der Waals surface area contributed by atoms with Gasteiger partial charge in [0.2, 0.25) is 0 Å². The molecule has 2 unspecified atom stereocenters. The quantitative estimate of drug-likeness (QED) is 0.858. The van der Waals surface area contributed by atoms with Crippen molar-refractivity contribution in [1.82, 2.24) is 4.98 Å². The predicted molar refractivity (Wildman–Crippen MR) is 59.7 cm³/mol. The Kier molecular flexibility index (Phi) is 3.26. The van der Waals surface area contributed by atoms with Gasteiger partial charge in [-0.15, -0.1) is 0 Å². The Morgan fingerprint density at radius 2 is 2.12 bits per heavy atom. The monoisotopic (exact) mass is 244 g/mol. The van der Waals surface area contributed by atoms with Crippen LogP contribution in [0.15, 0.2) is 18.3 Å². The third-order valence-electron chi connectivity index (χ3n) is 3.28. The third-order valence-corrected chi connectivity index (χ3v) is 3.28. The molecule has 1 aliphatic carbocycles. The van der Waals surface area contributed by atoms with Gasteiger partial charge in [-0.2, -0.15) is 13.2 Å². The standard InChI is InChI=1S/C12H15F3N2/c1-8-3-2-4-10(8)17-11-7-9(5-6-16-11)12(13,14)15/h5-8,10H,2-4H2,1H3,(H,16,17). The molecule has 17 heavy (non-hydrogen) atoms. The van der Waals surface area contributed by atoms with Crippen LogP contribution in [0.2, 0.25) is 0 Å². The Morgan fingerprint density at radius 1 is 1.35 bits per heavy atom. The molecule has 0 aromatic carbocycles. The smallest absolute Gasteiger partial charge is 0.367 e. The molecule has 2 nitrogen and oxygen atoms in total. The number of halogens is 3. The number of anilines is 1. The minimum absolute atomic E-state index is 0.242. The van der Waals surface area contributed by atoms with E-state index < -0.39 is 11.7 Å². The predicted octanol–water partition coefficient (Wildman–Crippen LogP) is 3.70. The van der Waals surface area contributed by atoms with E-state index >= 15 is 0 Å². The van der Waals surface area contributed by atoms with E-state index in [0.717, 1.165) is 31.4 Å². The first-order chi connectivity index (χ1) is 7.97. The molecule has 1 aliphatic rings. The van der Waals surface area contributed by atoms with Gasteiger partial charge in [-0.25, -0.2) is 4.98 Å². The molecule has 2 rings (SSSR count). The van der Waals surface area contributed by atoms with Crippen molar-refractivity contribution in [1.29, 1.82) is 0 Å². The molecule has 2 atom stereocenters. The normalized spacial score (nSPS) is 24.9. The van der Waals surface area contributed by atoms with Crippen LogP contribution in [-0.2, 0) is 6.18 Å². The van der Waals surface area contributed by atoms with Gasteiger partial charge in [0.1, 0.15) is 5.82 Å². The summed E-state index contributed by atoms with van der Waals surface area (Å²) in [5, 5.41) is 3.09. The Labute approximate surface area is 98.2 Å². The molecular formula is C12H15F3N2. The van der Waals surface area contributed by atoms with Gasteiger partial charge in [0.05, 0.1) is 5.56 Å². The molecule has 1 aromatic rings. The minimum Gasteiger partial charge on any atom is -0.367 e. The second-order valence-electron chi connectivity index (χ2n) is 4.59. The number of alkyl halides is 3. The summed E-state index contributed by atoms with van der Waals surface area (Å²) in [5.74, 6) is 0.810. The van der Waals surface area contributed by atoms with Crippen molar-refractivity contribution >= 4 is 5.82 Å². The van der Waals surface area contributed by atoms with Crippen molar-refractivity contribution in [2.45, 2.75) is 38.4 Å². The molecule has 1 N–H and O–H groups in total. The summed E-state index contributed by atoms with van der Waals surface area (Å²) in [6.45, 7) is 2.11. The van der Waals surface area contributed by atoms with E-state index in [9.17, 15) is 13.2 Å². The van der Waals surface area contributed by atoms with E-state index in [1.807, 2.05) is 0 Å².